The van der Waals surface area contributed by atoms with Crippen molar-refractivity contribution in [3.05, 3.63) is 21.9 Å². The predicted octanol–water partition coefficient (Wildman–Crippen LogP) is 2.11. The first-order valence-electron chi connectivity index (χ1n) is 7.34. The zero-order chi connectivity index (χ0) is 14.1. The fourth-order valence-electron chi connectivity index (χ4n) is 3.28. The lowest BCUT2D eigenvalue weighted by molar-refractivity contribution is -0.140. The van der Waals surface area contributed by atoms with Crippen molar-refractivity contribution in [2.45, 2.75) is 38.6 Å². The molecule has 1 saturated heterocycles. The van der Waals surface area contributed by atoms with Crippen LogP contribution in [0, 0.1) is 5.92 Å². The lowest BCUT2D eigenvalue weighted by Crippen LogP contribution is -2.47. The van der Waals surface area contributed by atoms with Gasteiger partial charge in [0.25, 0.3) is 0 Å². The molecule has 1 fully saturated rings. The zero-order valence-corrected chi connectivity index (χ0v) is 12.5. The smallest absolute Gasteiger partial charge is 0.228 e. The second-order valence-electron chi connectivity index (χ2n) is 5.54. The largest absolute Gasteiger partial charge is 0.355 e. The van der Waals surface area contributed by atoms with Crippen LogP contribution in [0.15, 0.2) is 11.4 Å². The third kappa shape index (κ3) is 2.35. The van der Waals surface area contributed by atoms with Crippen LogP contribution in [0.1, 0.15) is 42.7 Å². The van der Waals surface area contributed by atoms with Crippen molar-refractivity contribution in [2.75, 3.05) is 13.1 Å². The topological polar surface area (TPSA) is 49.4 Å². The zero-order valence-electron chi connectivity index (χ0n) is 11.7. The van der Waals surface area contributed by atoms with Gasteiger partial charge in [-0.15, -0.1) is 11.3 Å². The van der Waals surface area contributed by atoms with Gasteiger partial charge in [-0.2, -0.15) is 0 Å². The van der Waals surface area contributed by atoms with Gasteiger partial charge in [-0.25, -0.2) is 0 Å². The Morgan fingerprint density at radius 3 is 3.05 bits per heavy atom. The van der Waals surface area contributed by atoms with Gasteiger partial charge in [0, 0.05) is 24.4 Å². The van der Waals surface area contributed by atoms with Crippen molar-refractivity contribution in [1.29, 1.82) is 0 Å². The van der Waals surface area contributed by atoms with E-state index in [1.54, 1.807) is 11.3 Å². The maximum atomic E-state index is 12.7. The van der Waals surface area contributed by atoms with Crippen LogP contribution in [-0.2, 0) is 16.0 Å². The number of rotatable bonds is 2. The molecule has 1 aromatic heterocycles. The molecule has 0 spiro atoms. The summed E-state index contributed by atoms with van der Waals surface area (Å²) in [5.74, 6) is 0.246. The number of hydrogen-bond acceptors (Lipinski definition) is 3. The molecular weight excluding hydrogens is 272 g/mol. The molecule has 3 heterocycles. The number of nitrogens with zero attached hydrogens (tertiary/aromatic N) is 1. The summed E-state index contributed by atoms with van der Waals surface area (Å²) in [5.41, 5.74) is 1.33. The second kappa shape index (κ2) is 5.56. The molecule has 3 rings (SSSR count). The summed E-state index contributed by atoms with van der Waals surface area (Å²) < 4.78 is 0. The number of fused-ring (bicyclic) bond motifs is 1. The van der Waals surface area contributed by atoms with Crippen molar-refractivity contribution in [3.63, 3.8) is 0 Å². The Hall–Kier alpha value is -1.36. The van der Waals surface area contributed by atoms with Crippen LogP contribution in [0.25, 0.3) is 0 Å². The van der Waals surface area contributed by atoms with Gasteiger partial charge in [-0.05, 0) is 36.3 Å². The molecule has 2 atom stereocenters. The lowest BCUT2D eigenvalue weighted by atomic mass is 9.92. The highest BCUT2D eigenvalue weighted by Gasteiger charge is 2.35. The van der Waals surface area contributed by atoms with Crippen molar-refractivity contribution in [3.8, 4) is 0 Å². The quantitative estimate of drug-likeness (QED) is 0.907. The van der Waals surface area contributed by atoms with Crippen LogP contribution in [0.4, 0.5) is 0 Å². The maximum Gasteiger partial charge on any atom is 0.228 e. The third-order valence-corrected chi connectivity index (χ3v) is 5.38. The summed E-state index contributed by atoms with van der Waals surface area (Å²) >= 11 is 1.80. The Labute approximate surface area is 123 Å². The van der Waals surface area contributed by atoms with Crippen LogP contribution >= 0.6 is 11.3 Å². The average Bonchev–Trinajstić information content (AvgIpc) is 2.94. The fourth-order valence-corrected chi connectivity index (χ4v) is 4.21. The van der Waals surface area contributed by atoms with Gasteiger partial charge < -0.3 is 10.2 Å². The van der Waals surface area contributed by atoms with Crippen molar-refractivity contribution in [2.24, 2.45) is 5.92 Å². The molecule has 0 aliphatic carbocycles. The van der Waals surface area contributed by atoms with Crippen molar-refractivity contribution < 1.29 is 9.59 Å². The van der Waals surface area contributed by atoms with E-state index in [1.807, 2.05) is 4.90 Å². The Morgan fingerprint density at radius 1 is 1.50 bits per heavy atom. The summed E-state index contributed by atoms with van der Waals surface area (Å²) in [5, 5.41) is 4.94. The Bertz CT molecular complexity index is 516. The van der Waals surface area contributed by atoms with Crippen LogP contribution in [-0.4, -0.2) is 29.8 Å². The van der Waals surface area contributed by atoms with Gasteiger partial charge in [0.05, 0.1) is 12.0 Å². The van der Waals surface area contributed by atoms with E-state index in [0.29, 0.717) is 19.4 Å². The molecule has 5 heteroatoms. The van der Waals surface area contributed by atoms with E-state index in [4.69, 9.17) is 0 Å². The highest BCUT2D eigenvalue weighted by molar-refractivity contribution is 7.10. The molecule has 0 bridgehead atoms. The summed E-state index contributed by atoms with van der Waals surface area (Å²) in [4.78, 5) is 27.4. The van der Waals surface area contributed by atoms with Crippen LogP contribution in [0.5, 0.6) is 0 Å². The first-order valence-corrected chi connectivity index (χ1v) is 8.22. The monoisotopic (exact) mass is 292 g/mol. The number of thiophene rings is 1. The van der Waals surface area contributed by atoms with Gasteiger partial charge >= 0.3 is 0 Å². The number of carbonyl (C=O) groups excluding carboxylic acids is 2. The minimum Gasteiger partial charge on any atom is -0.355 e. The Morgan fingerprint density at radius 2 is 2.35 bits per heavy atom. The molecule has 20 heavy (non-hydrogen) atoms. The van der Waals surface area contributed by atoms with Gasteiger partial charge in [-0.1, -0.05) is 6.92 Å². The summed E-state index contributed by atoms with van der Waals surface area (Å²) in [7, 11) is 0. The van der Waals surface area contributed by atoms with E-state index in [9.17, 15) is 9.59 Å². The standard InChI is InChI=1S/C15H20N2O2S/c1-2-12-11-6-8-20-13(11)5-7-17(12)15(19)10-3-4-14(18)16-9-10/h6,8,10,12H,2-5,7,9H2,1H3,(H,16,18)/t10-,12-/m0/s1. The predicted molar refractivity (Wildman–Crippen MR) is 78.5 cm³/mol. The SMILES string of the molecule is CC[C@H]1c2ccsc2CCN1C(=O)[C@H]1CCC(=O)NC1. The molecule has 1 aromatic rings. The molecule has 2 amide bonds. The number of hydrogen-bond donors (Lipinski definition) is 1. The molecule has 108 valence electrons. The summed E-state index contributed by atoms with van der Waals surface area (Å²) in [6.07, 6.45) is 3.09. The van der Waals surface area contributed by atoms with E-state index in [1.165, 1.54) is 10.4 Å². The fraction of sp³-hybridized carbons (Fsp3) is 0.600. The number of piperidine rings is 1. The summed E-state index contributed by atoms with van der Waals surface area (Å²) in [6, 6.07) is 2.38. The van der Waals surface area contributed by atoms with E-state index < -0.39 is 0 Å². The van der Waals surface area contributed by atoms with E-state index in [0.717, 1.165) is 19.4 Å². The molecule has 1 N–H and O–H groups in total. The minimum absolute atomic E-state index is 0.0399. The van der Waals surface area contributed by atoms with Crippen molar-refractivity contribution >= 4 is 23.2 Å². The minimum atomic E-state index is -0.0399. The Kier molecular flexibility index (Phi) is 3.78. The second-order valence-corrected chi connectivity index (χ2v) is 6.55. The number of carbonyl (C=O) groups is 2. The van der Waals surface area contributed by atoms with Gasteiger partial charge in [-0.3, -0.25) is 9.59 Å². The molecule has 0 saturated carbocycles. The van der Waals surface area contributed by atoms with E-state index in [-0.39, 0.29) is 23.8 Å². The first-order chi connectivity index (χ1) is 9.70. The van der Waals surface area contributed by atoms with Crippen molar-refractivity contribution in [1.82, 2.24) is 10.2 Å². The van der Waals surface area contributed by atoms with Gasteiger partial charge in [0.1, 0.15) is 0 Å². The third-order valence-electron chi connectivity index (χ3n) is 4.38. The number of nitrogens with one attached hydrogen (secondary N) is 1. The van der Waals surface area contributed by atoms with Crippen LogP contribution < -0.4 is 5.32 Å². The lowest BCUT2D eigenvalue weighted by Gasteiger charge is -2.38. The molecule has 2 aliphatic rings. The number of amides is 2. The first kappa shape index (κ1) is 13.6. The normalized spacial score (nSPS) is 26.1. The Balaban J connectivity index is 1.76. The van der Waals surface area contributed by atoms with E-state index in [2.05, 4.69) is 23.7 Å². The molecular formula is C15H20N2O2S. The maximum absolute atomic E-state index is 12.7. The van der Waals surface area contributed by atoms with E-state index >= 15 is 0 Å². The molecule has 0 unspecified atom stereocenters. The average molecular weight is 292 g/mol. The highest BCUT2D eigenvalue weighted by atomic mass is 32.1. The molecule has 0 radical (unpaired) electrons. The van der Waals surface area contributed by atoms with Crippen LogP contribution in [0.2, 0.25) is 0 Å². The highest BCUT2D eigenvalue weighted by Crippen LogP contribution is 2.36. The molecule has 2 aliphatic heterocycles. The summed E-state index contributed by atoms with van der Waals surface area (Å²) in [6.45, 7) is 3.46. The molecule has 0 aromatic carbocycles. The van der Waals surface area contributed by atoms with Gasteiger partial charge in [0.15, 0.2) is 0 Å². The van der Waals surface area contributed by atoms with Crippen LogP contribution in [0.3, 0.4) is 0 Å². The van der Waals surface area contributed by atoms with Gasteiger partial charge in [0.2, 0.25) is 11.8 Å². The molecule has 4 nitrogen and oxygen atoms in total.